The average molecular weight is 685 g/mol. The zero-order valence-corrected chi connectivity index (χ0v) is 29.1. The minimum atomic E-state index is -1.21. The Hall–Kier alpha value is -5.52. The van der Waals surface area contributed by atoms with Crippen LogP contribution in [0.25, 0.3) is 22.0 Å². The highest BCUT2D eigenvalue weighted by atomic mass is 16.5. The van der Waals surface area contributed by atoms with Crippen molar-refractivity contribution in [1.29, 1.82) is 0 Å². The van der Waals surface area contributed by atoms with Gasteiger partial charge in [-0.3, -0.25) is 14.4 Å². The second kappa shape index (κ2) is 15.4. The molecule has 0 saturated carbocycles. The number of anilines is 1. The minimum Gasteiger partial charge on any atom is -0.493 e. The SMILES string of the molecule is COc1cc2c(c(OC)c1OC)-c1ccc(N[C@@H](CC(C)C)C(=O)N[C@@H](Cc3c[nH]c4ccccc34)C(=O)O)c(=O)cc1[C@@H](NC(C)=O)CC2. The molecule has 3 atom stereocenters. The van der Waals surface area contributed by atoms with Gasteiger partial charge in [0.15, 0.2) is 11.5 Å². The molecule has 3 aromatic carbocycles. The lowest BCUT2D eigenvalue weighted by atomic mass is 9.95. The van der Waals surface area contributed by atoms with Gasteiger partial charge < -0.3 is 40.3 Å². The molecule has 1 heterocycles. The maximum atomic E-state index is 14.0. The van der Waals surface area contributed by atoms with Crippen molar-refractivity contribution in [2.24, 2.45) is 5.92 Å². The Morgan fingerprint density at radius 2 is 1.72 bits per heavy atom. The van der Waals surface area contributed by atoms with Gasteiger partial charge in [0.1, 0.15) is 12.1 Å². The van der Waals surface area contributed by atoms with E-state index in [1.54, 1.807) is 25.4 Å². The van der Waals surface area contributed by atoms with E-state index in [-0.39, 0.29) is 23.9 Å². The maximum absolute atomic E-state index is 14.0. The molecule has 0 saturated heterocycles. The zero-order chi connectivity index (χ0) is 36.1. The van der Waals surface area contributed by atoms with Crippen LogP contribution in [0.3, 0.4) is 0 Å². The number of amides is 2. The van der Waals surface area contributed by atoms with E-state index in [9.17, 15) is 24.3 Å². The number of carboxylic acid groups (broad SMARTS) is 1. The Morgan fingerprint density at radius 3 is 2.38 bits per heavy atom. The van der Waals surface area contributed by atoms with E-state index >= 15 is 0 Å². The number of aliphatic carboxylic acids is 1. The van der Waals surface area contributed by atoms with Crippen molar-refractivity contribution in [1.82, 2.24) is 15.6 Å². The Bertz CT molecular complexity index is 1970. The number of aromatic nitrogens is 1. The number of para-hydroxylation sites is 1. The smallest absolute Gasteiger partial charge is 0.326 e. The van der Waals surface area contributed by atoms with Crippen LogP contribution in [0.4, 0.5) is 5.69 Å². The fourth-order valence-corrected chi connectivity index (χ4v) is 6.71. The second-order valence-corrected chi connectivity index (χ2v) is 12.9. The van der Waals surface area contributed by atoms with Crippen LogP contribution >= 0.6 is 0 Å². The molecule has 0 spiro atoms. The molecule has 264 valence electrons. The molecule has 50 heavy (non-hydrogen) atoms. The van der Waals surface area contributed by atoms with E-state index in [2.05, 4.69) is 20.9 Å². The highest BCUT2D eigenvalue weighted by Crippen LogP contribution is 2.50. The van der Waals surface area contributed by atoms with E-state index in [1.807, 2.05) is 44.2 Å². The number of ether oxygens (including phenoxy) is 3. The third-order valence-corrected chi connectivity index (χ3v) is 8.98. The van der Waals surface area contributed by atoms with Gasteiger partial charge in [-0.2, -0.15) is 0 Å². The third-order valence-electron chi connectivity index (χ3n) is 8.98. The molecule has 12 nitrogen and oxygen atoms in total. The van der Waals surface area contributed by atoms with Crippen molar-refractivity contribution in [3.8, 4) is 28.4 Å². The number of carboxylic acids is 1. The molecule has 0 fully saturated rings. The summed E-state index contributed by atoms with van der Waals surface area (Å²) in [5.41, 5.74) is 4.18. The van der Waals surface area contributed by atoms with Crippen LogP contribution in [0.2, 0.25) is 0 Å². The normalized spacial score (nSPS) is 14.8. The summed E-state index contributed by atoms with van der Waals surface area (Å²) < 4.78 is 17.1. The summed E-state index contributed by atoms with van der Waals surface area (Å²) in [6.45, 7) is 5.31. The molecule has 1 aromatic heterocycles. The van der Waals surface area contributed by atoms with Crippen molar-refractivity contribution < 1.29 is 33.7 Å². The lowest BCUT2D eigenvalue weighted by Gasteiger charge is -2.23. The number of rotatable bonds is 13. The van der Waals surface area contributed by atoms with Crippen molar-refractivity contribution >= 4 is 34.4 Å². The van der Waals surface area contributed by atoms with Crippen LogP contribution in [-0.4, -0.2) is 61.3 Å². The monoisotopic (exact) mass is 684 g/mol. The molecule has 0 radical (unpaired) electrons. The molecule has 4 aromatic rings. The Labute approximate surface area is 290 Å². The van der Waals surface area contributed by atoms with Gasteiger partial charge >= 0.3 is 5.97 Å². The van der Waals surface area contributed by atoms with Gasteiger partial charge in [-0.05, 0) is 71.7 Å². The number of methoxy groups -OCH3 is 3. The minimum absolute atomic E-state index is 0.0298. The van der Waals surface area contributed by atoms with Crippen LogP contribution in [0, 0.1) is 5.92 Å². The molecule has 0 unspecified atom stereocenters. The molecular weight excluding hydrogens is 640 g/mol. The molecule has 0 aliphatic heterocycles. The maximum Gasteiger partial charge on any atom is 0.326 e. The lowest BCUT2D eigenvalue weighted by molar-refractivity contribution is -0.141. The first-order valence-electron chi connectivity index (χ1n) is 16.6. The summed E-state index contributed by atoms with van der Waals surface area (Å²) in [4.78, 5) is 55.6. The fourth-order valence-electron chi connectivity index (χ4n) is 6.71. The molecule has 5 rings (SSSR count). The summed E-state index contributed by atoms with van der Waals surface area (Å²) in [7, 11) is 4.59. The Morgan fingerprint density at radius 1 is 0.980 bits per heavy atom. The van der Waals surface area contributed by atoms with Gasteiger partial charge in [-0.1, -0.05) is 38.1 Å². The van der Waals surface area contributed by atoms with Crippen LogP contribution in [0.15, 0.2) is 59.5 Å². The number of fused-ring (bicyclic) bond motifs is 4. The predicted molar refractivity (Wildman–Crippen MR) is 191 cm³/mol. The van der Waals surface area contributed by atoms with E-state index in [0.717, 1.165) is 22.0 Å². The fraction of sp³-hybridized carbons (Fsp3) is 0.368. The topological polar surface area (TPSA) is 168 Å². The molecule has 2 amide bonds. The number of benzene rings is 2. The summed E-state index contributed by atoms with van der Waals surface area (Å²) in [6, 6.07) is 11.7. The summed E-state index contributed by atoms with van der Waals surface area (Å²) in [5.74, 6) is -0.635. The number of H-pyrrole nitrogens is 1. The summed E-state index contributed by atoms with van der Waals surface area (Å²) >= 11 is 0. The molecular formula is C38H44N4O8. The van der Waals surface area contributed by atoms with Gasteiger partial charge in [-0.25, -0.2) is 4.79 Å². The van der Waals surface area contributed by atoms with Crippen LogP contribution < -0.4 is 35.6 Å². The van der Waals surface area contributed by atoms with E-state index in [4.69, 9.17) is 14.2 Å². The van der Waals surface area contributed by atoms with E-state index in [1.165, 1.54) is 27.2 Å². The van der Waals surface area contributed by atoms with Gasteiger partial charge in [0.05, 0.1) is 33.1 Å². The van der Waals surface area contributed by atoms with E-state index < -0.39 is 35.4 Å². The number of aryl methyl sites for hydroxylation is 1. The Balaban J connectivity index is 1.54. The van der Waals surface area contributed by atoms with E-state index in [0.29, 0.717) is 53.2 Å². The summed E-state index contributed by atoms with van der Waals surface area (Å²) in [5, 5.41) is 19.8. The molecule has 5 N–H and O–H groups in total. The van der Waals surface area contributed by atoms with Crippen molar-refractivity contribution in [3.05, 3.63) is 81.6 Å². The van der Waals surface area contributed by atoms with Gasteiger partial charge in [0, 0.05) is 36.0 Å². The van der Waals surface area contributed by atoms with Gasteiger partial charge in [-0.15, -0.1) is 0 Å². The highest BCUT2D eigenvalue weighted by Gasteiger charge is 2.31. The van der Waals surface area contributed by atoms with Crippen molar-refractivity contribution in [2.45, 2.75) is 64.6 Å². The summed E-state index contributed by atoms with van der Waals surface area (Å²) in [6.07, 6.45) is 3.19. The van der Waals surface area contributed by atoms with Crippen molar-refractivity contribution in [2.75, 3.05) is 26.6 Å². The first-order valence-corrected chi connectivity index (χ1v) is 16.6. The van der Waals surface area contributed by atoms with Crippen molar-refractivity contribution in [3.63, 3.8) is 0 Å². The number of hydrogen-bond donors (Lipinski definition) is 5. The first kappa shape index (κ1) is 35.8. The van der Waals surface area contributed by atoms with Gasteiger partial charge in [0.25, 0.3) is 0 Å². The Kier molecular flexibility index (Phi) is 11.0. The number of nitrogens with one attached hydrogen (secondary N) is 4. The molecule has 1 aliphatic rings. The van der Waals surface area contributed by atoms with Gasteiger partial charge in [0.2, 0.25) is 23.0 Å². The molecule has 0 bridgehead atoms. The molecule has 12 heteroatoms. The lowest BCUT2D eigenvalue weighted by Crippen LogP contribution is -2.49. The first-order chi connectivity index (χ1) is 23.9. The van der Waals surface area contributed by atoms with Crippen LogP contribution in [0.5, 0.6) is 17.2 Å². The number of carbonyl (C=O) groups is 3. The largest absolute Gasteiger partial charge is 0.493 e. The number of carbonyl (C=O) groups excluding carboxylic acids is 2. The number of aromatic amines is 1. The molecule has 1 aliphatic carbocycles. The predicted octanol–water partition coefficient (Wildman–Crippen LogP) is 4.98. The highest BCUT2D eigenvalue weighted by molar-refractivity contribution is 5.90. The quantitative estimate of drug-likeness (QED) is 0.130. The van der Waals surface area contributed by atoms with Crippen LogP contribution in [0.1, 0.15) is 56.3 Å². The number of hydrogen-bond acceptors (Lipinski definition) is 8. The van der Waals surface area contributed by atoms with Crippen LogP contribution in [-0.2, 0) is 27.2 Å². The zero-order valence-electron chi connectivity index (χ0n) is 29.1. The standard InChI is InChI=1S/C38H44N4O8/c1-20(2)15-30(37(45)42-31(38(46)47)16-23-19-39-27-10-8-7-9-24(23)27)41-29-14-12-25-26(18-32(29)44)28(40-21(3)43)13-11-22-17-33(48-4)35(49-5)36(50-6)34(22)25/h7-10,12,14,17-20,28,30-31,39H,11,13,15-16H2,1-6H3,(H,40,43)(H,41,44)(H,42,45)(H,46,47)/t28-,30-,31-/m0/s1. The second-order valence-electron chi connectivity index (χ2n) is 12.9. The third kappa shape index (κ3) is 7.54. The average Bonchev–Trinajstić information content (AvgIpc) is 3.34.